The molecule has 0 bridgehead atoms. The smallest absolute Gasteiger partial charge is 0.354 e. The van der Waals surface area contributed by atoms with Crippen molar-refractivity contribution in [2.45, 2.75) is 269 Å². The van der Waals surface area contributed by atoms with E-state index in [0.717, 1.165) is 82.8 Å². The van der Waals surface area contributed by atoms with E-state index in [2.05, 4.69) is 16.0 Å². The van der Waals surface area contributed by atoms with Crippen molar-refractivity contribution >= 4 is 82.5 Å². The first-order valence-corrected chi connectivity index (χ1v) is 39.2. The largest absolute Gasteiger partial charge is 0.417 e. The number of carbonyl (C=O) groups is 12. The van der Waals surface area contributed by atoms with Crippen LogP contribution in [0.5, 0.6) is 0 Å². The van der Waals surface area contributed by atoms with Crippen LogP contribution in [0.15, 0.2) is 18.2 Å². The van der Waals surface area contributed by atoms with E-state index in [1.165, 1.54) is 80.5 Å². The molecule has 2 aliphatic carbocycles. The normalized spacial score (nSPS) is 27.3. The number of likely N-dealkylation sites (N-methyl/N-ethyl adjacent to an activating group) is 6. The van der Waals surface area contributed by atoms with Crippen LogP contribution in [0, 0.1) is 29.6 Å². The Labute approximate surface area is 625 Å². The van der Waals surface area contributed by atoms with E-state index in [0.29, 0.717) is 50.8 Å². The van der Waals surface area contributed by atoms with Gasteiger partial charge in [-0.2, -0.15) is 13.2 Å². The molecule has 24 nitrogen and oxygen atoms in total. The average molecular weight is 1500 g/mol. The third kappa shape index (κ3) is 22.3. The van der Waals surface area contributed by atoms with Crippen molar-refractivity contribution in [3.8, 4) is 0 Å². The van der Waals surface area contributed by atoms with Crippen molar-refractivity contribution in [1.29, 1.82) is 0 Å². The maximum absolute atomic E-state index is 15.5. The van der Waals surface area contributed by atoms with Crippen molar-refractivity contribution in [3.63, 3.8) is 0 Å². The number of fused-ring (bicyclic) bond motifs is 2. The molecule has 0 spiro atoms. The Bertz CT molecular complexity index is 3210. The monoisotopic (exact) mass is 1500 g/mol. The molecule has 0 radical (unpaired) electrons. The molecular formula is C77H120ClF3N12O12. The Morgan fingerprint density at radius 3 is 1.72 bits per heavy atom. The first-order chi connectivity index (χ1) is 49.7. The molecule has 1 aromatic rings. The van der Waals surface area contributed by atoms with Crippen LogP contribution in [-0.2, 0) is 70.1 Å². The molecule has 2 saturated carbocycles. The minimum absolute atomic E-state index is 0.0328. The summed E-state index contributed by atoms with van der Waals surface area (Å²) >= 11 is 6.14. The molecule has 1 aromatic carbocycles. The molecule has 6 aliphatic rings. The van der Waals surface area contributed by atoms with Gasteiger partial charge in [0.15, 0.2) is 0 Å². The van der Waals surface area contributed by atoms with Gasteiger partial charge in [0.05, 0.1) is 23.6 Å². The van der Waals surface area contributed by atoms with Crippen LogP contribution in [0.3, 0.4) is 0 Å². The van der Waals surface area contributed by atoms with Gasteiger partial charge in [-0.3, -0.25) is 57.5 Å². The molecule has 4 saturated heterocycles. The van der Waals surface area contributed by atoms with Gasteiger partial charge in [-0.15, -0.1) is 0 Å². The molecule has 105 heavy (non-hydrogen) atoms. The van der Waals surface area contributed by atoms with Crippen molar-refractivity contribution in [2.24, 2.45) is 29.6 Å². The first kappa shape index (κ1) is 85.2. The molecule has 7 rings (SSSR count). The number of hydrogen-bond acceptors (Lipinski definition) is 12. The molecule has 4 heterocycles. The number of alkyl halides is 3. The van der Waals surface area contributed by atoms with Crippen molar-refractivity contribution in [1.82, 2.24) is 60.0 Å². The van der Waals surface area contributed by atoms with E-state index >= 15 is 33.6 Å². The summed E-state index contributed by atoms with van der Waals surface area (Å²) in [5.41, 5.74) is -0.721. The lowest BCUT2D eigenvalue weighted by Gasteiger charge is -2.46. The Morgan fingerprint density at radius 1 is 0.571 bits per heavy atom. The molecule has 28 heteroatoms. The highest BCUT2D eigenvalue weighted by Gasteiger charge is 2.49. The van der Waals surface area contributed by atoms with Crippen LogP contribution >= 0.6 is 11.6 Å². The number of nitrogens with zero attached hydrogens (tertiary/aromatic N) is 9. The zero-order valence-electron chi connectivity index (χ0n) is 64.4. The lowest BCUT2D eigenvalue weighted by atomic mass is 9.83. The second-order valence-electron chi connectivity index (χ2n) is 31.6. The Balaban J connectivity index is 1.25. The van der Waals surface area contributed by atoms with Crippen molar-refractivity contribution < 1.29 is 70.7 Å². The van der Waals surface area contributed by atoms with Gasteiger partial charge in [0.1, 0.15) is 54.4 Å². The number of likely N-dealkylation sites (tertiary alicyclic amines) is 1. The molecule has 4 aliphatic heterocycles. The summed E-state index contributed by atoms with van der Waals surface area (Å²) in [7, 11) is 8.91. The summed E-state index contributed by atoms with van der Waals surface area (Å²) in [6, 6.07) is -7.12. The van der Waals surface area contributed by atoms with Gasteiger partial charge in [-0.25, -0.2) is 0 Å². The number of piperidine rings is 1. The molecule has 6 fully saturated rings. The lowest BCUT2D eigenvalue weighted by molar-refractivity contribution is -0.161. The molecule has 10 atom stereocenters. The fourth-order valence-electron chi connectivity index (χ4n) is 16.3. The Morgan fingerprint density at radius 2 is 1.16 bits per heavy atom. The van der Waals surface area contributed by atoms with Gasteiger partial charge in [-0.1, -0.05) is 130 Å². The van der Waals surface area contributed by atoms with Gasteiger partial charge >= 0.3 is 6.18 Å². The summed E-state index contributed by atoms with van der Waals surface area (Å²) in [5.74, 6) is -7.73. The Hall–Kier alpha value is -7.06. The standard InChI is InChI=1S/C77H120ClF3N12O12/c1-13-50(6)66-75(104)88(10)61(45-52-28-19-15-20-29-52)74(103)93-41-36-58(93)72(101)87(9)60(44-51-26-17-14-18-27-51)71(100)85(7)47-63(94)83-56(35-33-53-32-34-54(55(78)43-53)77(79,80)81)70(99)92-40-25-30-57(92)68(97)82-37-22-21-31-64(95)90(12)67(49(4)5)76(105)89(11)62(73(102)91-38-23-16-24-39-91)46-65(96)86(8)59(42-48(2)3)69(98)84-66/h32,34,43,48-52,56-62,66-67H,13-31,33,35-42,44-47H2,1-12H3,(H,82,97)(H,83,94)(H,84,98)/t50-,56-,57-,58-,59-,60-,61-,62-,66-,67-/m0/s1. The van der Waals surface area contributed by atoms with Gasteiger partial charge < -0.3 is 60.0 Å². The van der Waals surface area contributed by atoms with Crippen LogP contribution in [0.25, 0.3) is 0 Å². The number of hydrogen-bond donors (Lipinski definition) is 3. The van der Waals surface area contributed by atoms with Gasteiger partial charge in [0, 0.05) is 81.4 Å². The van der Waals surface area contributed by atoms with Crippen LogP contribution in [0.4, 0.5) is 13.2 Å². The molecular weight excluding hydrogens is 1380 g/mol. The van der Waals surface area contributed by atoms with Crippen molar-refractivity contribution in [2.75, 3.05) is 81.6 Å². The summed E-state index contributed by atoms with van der Waals surface area (Å²) < 4.78 is 41.5. The number of halogens is 4. The predicted octanol–water partition coefficient (Wildman–Crippen LogP) is 7.84. The molecule has 0 unspecified atom stereocenters. The zero-order valence-corrected chi connectivity index (χ0v) is 65.1. The minimum atomic E-state index is -4.74. The number of rotatable bonds is 13. The highest BCUT2D eigenvalue weighted by Crippen LogP contribution is 2.37. The highest BCUT2D eigenvalue weighted by atomic mass is 35.5. The van der Waals surface area contributed by atoms with Crippen LogP contribution in [0.2, 0.25) is 5.02 Å². The molecule has 12 amide bonds. The third-order valence-electron chi connectivity index (χ3n) is 23.2. The van der Waals surface area contributed by atoms with Gasteiger partial charge in [0.25, 0.3) is 0 Å². The third-order valence-corrected chi connectivity index (χ3v) is 23.5. The molecule has 0 aromatic heterocycles. The quantitative estimate of drug-likeness (QED) is 0.170. The average Bonchev–Trinajstić information content (AvgIpc) is 0.968. The highest BCUT2D eigenvalue weighted by molar-refractivity contribution is 6.31. The van der Waals surface area contributed by atoms with Crippen LogP contribution < -0.4 is 16.0 Å². The molecule has 588 valence electrons. The summed E-state index contributed by atoms with van der Waals surface area (Å²) in [6.45, 7) is 11.6. The van der Waals surface area contributed by atoms with E-state index in [1.807, 2.05) is 27.7 Å². The SMILES string of the molecule is CC[C@H](C)[C@@H]1NC(=O)[C@H](CC(C)C)N(C)C(=O)C[C@@H](C(=O)N2CCCCC2)N(C)C(=O)[C@H](C(C)C)N(C)C(=O)CCCCNC(=O)[C@@H]2CCCN2C(=O)[C@H](CCc2ccc(C(F)(F)F)c(Cl)c2)NC(=O)CN(C)C(=O)[C@H](CC2CCCCC2)N(C)C(=O)[C@@H]2CCN2C(=O)[C@H](CC2CCCCC2)N(C)C1=O. The summed E-state index contributed by atoms with van der Waals surface area (Å²) in [5, 5.41) is 8.16. The van der Waals surface area contributed by atoms with Crippen LogP contribution in [0.1, 0.15) is 213 Å². The second kappa shape index (κ2) is 39.2. The van der Waals surface area contributed by atoms with Crippen molar-refractivity contribution in [3.05, 3.63) is 34.3 Å². The fourth-order valence-corrected chi connectivity index (χ4v) is 16.6. The van der Waals surface area contributed by atoms with Gasteiger partial charge in [-0.05, 0) is 131 Å². The summed E-state index contributed by atoms with van der Waals surface area (Å²) in [6.07, 6.45) is 8.35. The number of nitrogens with one attached hydrogen (secondary N) is 3. The molecule has 3 N–H and O–H groups in total. The van der Waals surface area contributed by atoms with E-state index in [9.17, 15) is 37.1 Å². The topological polar surface area (TPSA) is 270 Å². The lowest BCUT2D eigenvalue weighted by Crippen LogP contribution is -2.65. The number of benzene rings is 1. The predicted molar refractivity (Wildman–Crippen MR) is 392 cm³/mol. The maximum atomic E-state index is 15.5. The summed E-state index contributed by atoms with van der Waals surface area (Å²) in [4.78, 5) is 191. The van der Waals surface area contributed by atoms with Gasteiger partial charge in [0.2, 0.25) is 70.9 Å². The minimum Gasteiger partial charge on any atom is -0.354 e. The Kier molecular flexibility index (Phi) is 31.8. The number of amides is 12. The van der Waals surface area contributed by atoms with Crippen LogP contribution in [-0.4, -0.2) is 251 Å². The maximum Gasteiger partial charge on any atom is 0.417 e. The number of carbonyl (C=O) groups excluding carboxylic acids is 12. The van der Waals surface area contributed by atoms with E-state index < -0.39 is 167 Å². The van der Waals surface area contributed by atoms with E-state index in [-0.39, 0.29) is 95.2 Å². The van der Waals surface area contributed by atoms with E-state index in [1.54, 1.807) is 25.8 Å². The number of aryl methyl sites for hydroxylation is 1. The fraction of sp³-hybridized carbons (Fsp3) is 0.766. The first-order valence-electron chi connectivity index (χ1n) is 38.9. The zero-order chi connectivity index (χ0) is 77.3. The van der Waals surface area contributed by atoms with E-state index in [4.69, 9.17) is 11.6 Å². The second-order valence-corrected chi connectivity index (χ2v) is 32.0.